The quantitative estimate of drug-likeness (QED) is 0.486. The predicted molar refractivity (Wildman–Crippen MR) is 131 cm³/mol. The third-order valence-electron chi connectivity index (χ3n) is 5.76. The van der Waals surface area contributed by atoms with Crippen molar-refractivity contribution in [3.05, 3.63) is 41.1 Å². The third-order valence-corrected chi connectivity index (χ3v) is 5.76. The molecule has 1 aromatic rings. The summed E-state index contributed by atoms with van der Waals surface area (Å²) in [5.41, 5.74) is 2.63. The van der Waals surface area contributed by atoms with E-state index in [2.05, 4.69) is 45.3 Å². The number of benzene rings is 1. The second-order valence-corrected chi connectivity index (χ2v) is 10.1. The van der Waals surface area contributed by atoms with Crippen LogP contribution < -0.4 is 10.6 Å². The van der Waals surface area contributed by atoms with E-state index in [0.717, 1.165) is 24.8 Å². The molecular weight excluding hydrogens is 418 g/mol. The average molecular weight is 458 g/mol. The molecule has 3 amide bonds. The summed E-state index contributed by atoms with van der Waals surface area (Å²) in [6, 6.07) is 6.38. The first-order valence-corrected chi connectivity index (χ1v) is 11.7. The first kappa shape index (κ1) is 26.4. The molecule has 2 rings (SSSR count). The number of carbonyl (C=O) groups is 3. The maximum Gasteiger partial charge on any atom is 0.337 e. The van der Waals surface area contributed by atoms with Gasteiger partial charge in [0.15, 0.2) is 0 Å². The van der Waals surface area contributed by atoms with Gasteiger partial charge in [0.1, 0.15) is 0 Å². The van der Waals surface area contributed by atoms with Crippen molar-refractivity contribution < 1.29 is 19.1 Å². The number of allylic oxidation sites excluding steroid dienone is 1. The number of esters is 1. The number of amides is 3. The molecule has 1 aliphatic rings. The first-order chi connectivity index (χ1) is 15.5. The summed E-state index contributed by atoms with van der Waals surface area (Å²) in [7, 11) is 1.34. The van der Waals surface area contributed by atoms with Crippen molar-refractivity contribution in [2.45, 2.75) is 73.3 Å². The minimum atomic E-state index is -0.612. The Hall–Kier alpha value is -2.83. The molecule has 0 bridgehead atoms. The molecule has 1 aliphatic heterocycles. The monoisotopic (exact) mass is 457 g/mol. The fraction of sp³-hybridized carbons (Fsp3) is 0.577. The van der Waals surface area contributed by atoms with Crippen molar-refractivity contribution >= 4 is 23.6 Å². The summed E-state index contributed by atoms with van der Waals surface area (Å²) in [4.78, 5) is 39.4. The highest BCUT2D eigenvalue weighted by molar-refractivity contribution is 5.95. The lowest BCUT2D eigenvalue weighted by Gasteiger charge is -2.35. The fourth-order valence-electron chi connectivity index (χ4n) is 4.40. The van der Waals surface area contributed by atoms with Gasteiger partial charge in [-0.15, -0.1) is 0 Å². The Labute approximate surface area is 197 Å². The smallest absolute Gasteiger partial charge is 0.337 e. The molecule has 2 N–H and O–H groups in total. The van der Waals surface area contributed by atoms with Gasteiger partial charge in [0.2, 0.25) is 5.91 Å². The number of unbranched alkanes of at least 4 members (excludes halogenated alkanes) is 1. The number of urea groups is 1. The second-order valence-electron chi connectivity index (χ2n) is 10.1. The van der Waals surface area contributed by atoms with Gasteiger partial charge < -0.3 is 15.4 Å². The Morgan fingerprint density at radius 2 is 1.85 bits per heavy atom. The molecule has 0 aliphatic carbocycles. The van der Waals surface area contributed by atoms with Crippen LogP contribution in [0.2, 0.25) is 0 Å². The highest BCUT2D eigenvalue weighted by Gasteiger charge is 2.35. The number of nitrogens with one attached hydrogen (secondary N) is 2. The Kier molecular flexibility index (Phi) is 9.08. The number of ether oxygens (including phenoxy) is 1. The Balaban J connectivity index is 2.18. The van der Waals surface area contributed by atoms with Gasteiger partial charge in [0.25, 0.3) is 0 Å². The summed E-state index contributed by atoms with van der Waals surface area (Å²) in [6.45, 7) is 13.0. The lowest BCUT2D eigenvalue weighted by Crippen LogP contribution is -2.48. The maximum absolute atomic E-state index is 12.7. The van der Waals surface area contributed by atoms with E-state index in [0.29, 0.717) is 29.9 Å². The normalized spacial score (nSPS) is 17.5. The van der Waals surface area contributed by atoms with Gasteiger partial charge >= 0.3 is 12.0 Å². The van der Waals surface area contributed by atoms with Crippen molar-refractivity contribution in [2.24, 2.45) is 11.3 Å². The van der Waals surface area contributed by atoms with Crippen molar-refractivity contribution in [3.8, 4) is 0 Å². The van der Waals surface area contributed by atoms with Crippen LogP contribution in [-0.4, -0.2) is 36.5 Å². The number of rotatable bonds is 9. The van der Waals surface area contributed by atoms with Gasteiger partial charge in [-0.25, -0.2) is 9.59 Å². The van der Waals surface area contributed by atoms with Gasteiger partial charge in [0.05, 0.1) is 18.7 Å². The van der Waals surface area contributed by atoms with Crippen LogP contribution in [0, 0.1) is 11.3 Å². The molecule has 2 atom stereocenters. The predicted octanol–water partition coefficient (Wildman–Crippen LogP) is 5.40. The van der Waals surface area contributed by atoms with Gasteiger partial charge in [0, 0.05) is 24.4 Å². The number of methoxy groups -OCH3 is 1. The molecule has 1 heterocycles. The van der Waals surface area contributed by atoms with E-state index in [1.165, 1.54) is 7.11 Å². The minimum Gasteiger partial charge on any atom is -0.466 e. The lowest BCUT2D eigenvalue weighted by atomic mass is 9.84. The van der Waals surface area contributed by atoms with E-state index in [4.69, 9.17) is 4.74 Å². The number of hydrogen-bond donors (Lipinski definition) is 2. The molecule has 0 aromatic heterocycles. The molecule has 2 unspecified atom stereocenters. The Morgan fingerprint density at radius 1 is 1.21 bits per heavy atom. The molecule has 0 fully saturated rings. The Bertz CT molecular complexity index is 884. The third kappa shape index (κ3) is 7.34. The van der Waals surface area contributed by atoms with Crippen LogP contribution in [0.4, 0.5) is 10.5 Å². The molecular formula is C26H39N3O4. The first-order valence-electron chi connectivity index (χ1n) is 11.7. The van der Waals surface area contributed by atoms with Gasteiger partial charge in [-0.3, -0.25) is 9.69 Å². The zero-order valence-electron chi connectivity index (χ0n) is 21.1. The summed E-state index contributed by atoms with van der Waals surface area (Å²) in [5, 5.41) is 5.88. The maximum atomic E-state index is 12.7. The van der Waals surface area contributed by atoms with E-state index >= 15 is 0 Å². The van der Waals surface area contributed by atoms with Crippen LogP contribution in [-0.2, 0) is 14.3 Å². The molecule has 182 valence electrons. The van der Waals surface area contributed by atoms with Crippen LogP contribution in [0.1, 0.15) is 78.8 Å². The number of hydrogen-bond acceptors (Lipinski definition) is 4. The standard InChI is InChI=1S/C26H39N3O4/c1-8-9-14-29-18(3)22(24(31)33-7)23(28-25(29)32)19-10-12-20(13-11-19)27-21(30)15-17(2)16-26(4,5)6/h10-13,17,23H,8-9,14-16H2,1-7H3,(H,27,30)(H,28,32). The highest BCUT2D eigenvalue weighted by Crippen LogP contribution is 2.32. The van der Waals surface area contributed by atoms with E-state index < -0.39 is 12.0 Å². The topological polar surface area (TPSA) is 87.7 Å². The lowest BCUT2D eigenvalue weighted by molar-refractivity contribution is -0.136. The zero-order chi connectivity index (χ0) is 24.8. The summed E-state index contributed by atoms with van der Waals surface area (Å²) >= 11 is 0. The van der Waals surface area contributed by atoms with Crippen molar-refractivity contribution in [1.82, 2.24) is 10.2 Å². The zero-order valence-corrected chi connectivity index (χ0v) is 21.1. The van der Waals surface area contributed by atoms with Gasteiger partial charge in [-0.2, -0.15) is 0 Å². The van der Waals surface area contributed by atoms with Gasteiger partial charge in [-0.05, 0) is 48.8 Å². The molecule has 0 spiro atoms. The summed E-state index contributed by atoms with van der Waals surface area (Å²) in [6.07, 6.45) is 3.21. The van der Waals surface area contributed by atoms with Crippen molar-refractivity contribution in [1.29, 1.82) is 0 Å². The molecule has 7 heteroatoms. The molecule has 0 saturated carbocycles. The average Bonchev–Trinajstić information content (AvgIpc) is 2.71. The highest BCUT2D eigenvalue weighted by atomic mass is 16.5. The van der Waals surface area contributed by atoms with E-state index in [1.54, 1.807) is 24.0 Å². The van der Waals surface area contributed by atoms with Crippen LogP contribution in [0.3, 0.4) is 0 Å². The van der Waals surface area contributed by atoms with Crippen LogP contribution in [0.5, 0.6) is 0 Å². The molecule has 0 radical (unpaired) electrons. The van der Waals surface area contributed by atoms with E-state index in [9.17, 15) is 14.4 Å². The van der Waals surface area contributed by atoms with Crippen LogP contribution >= 0.6 is 0 Å². The second kappa shape index (κ2) is 11.3. The van der Waals surface area contributed by atoms with Crippen LogP contribution in [0.25, 0.3) is 0 Å². The number of carbonyl (C=O) groups excluding carboxylic acids is 3. The van der Waals surface area contributed by atoms with Gasteiger partial charge in [-0.1, -0.05) is 53.2 Å². The number of anilines is 1. The van der Waals surface area contributed by atoms with E-state index in [1.807, 2.05) is 12.1 Å². The Morgan fingerprint density at radius 3 is 2.39 bits per heavy atom. The van der Waals surface area contributed by atoms with Crippen molar-refractivity contribution in [2.75, 3.05) is 19.0 Å². The SMILES string of the molecule is CCCCN1C(=O)NC(c2ccc(NC(=O)CC(C)CC(C)(C)C)cc2)C(C(=O)OC)=C1C. The largest absolute Gasteiger partial charge is 0.466 e. The molecule has 33 heavy (non-hydrogen) atoms. The van der Waals surface area contributed by atoms with Crippen molar-refractivity contribution in [3.63, 3.8) is 0 Å². The fourth-order valence-corrected chi connectivity index (χ4v) is 4.40. The summed E-state index contributed by atoms with van der Waals surface area (Å²) < 4.78 is 5.02. The molecule has 0 saturated heterocycles. The van der Waals surface area contributed by atoms with Crippen LogP contribution in [0.15, 0.2) is 35.5 Å². The summed E-state index contributed by atoms with van der Waals surface area (Å²) in [5.74, 6) is -0.208. The molecule has 1 aromatic carbocycles. The minimum absolute atomic E-state index is 0.0250. The molecule has 7 nitrogen and oxygen atoms in total. The number of nitrogens with zero attached hydrogens (tertiary/aromatic N) is 1. The van der Waals surface area contributed by atoms with E-state index in [-0.39, 0.29) is 23.3 Å².